The Balaban J connectivity index is 1.43. The Morgan fingerprint density at radius 1 is 1.09 bits per heavy atom. The Labute approximate surface area is 202 Å². The molecule has 5 rings (SSSR count). The number of aromatic nitrogens is 1. The first-order chi connectivity index (χ1) is 16.1. The number of rotatable bonds is 4. The highest BCUT2D eigenvalue weighted by atomic mass is 32.2. The van der Waals surface area contributed by atoms with E-state index in [1.54, 1.807) is 16.4 Å². The van der Waals surface area contributed by atoms with Crippen LogP contribution >= 0.6 is 0 Å². The van der Waals surface area contributed by atoms with Gasteiger partial charge in [0.15, 0.2) is 0 Å². The second kappa shape index (κ2) is 8.34. The normalized spacial score (nSPS) is 22.9. The van der Waals surface area contributed by atoms with Gasteiger partial charge in [-0.2, -0.15) is 4.31 Å². The van der Waals surface area contributed by atoms with Crippen LogP contribution in [0.3, 0.4) is 0 Å². The van der Waals surface area contributed by atoms with Crippen molar-refractivity contribution in [3.8, 4) is 0 Å². The third-order valence-electron chi connectivity index (χ3n) is 7.60. The molecule has 1 aromatic carbocycles. The zero-order chi connectivity index (χ0) is 24.3. The van der Waals surface area contributed by atoms with Crippen molar-refractivity contribution in [2.75, 3.05) is 31.1 Å². The summed E-state index contributed by atoms with van der Waals surface area (Å²) in [6.07, 6.45) is 2.56. The van der Waals surface area contributed by atoms with Crippen LogP contribution in [0.15, 0.2) is 35.2 Å². The fourth-order valence-corrected chi connectivity index (χ4v) is 7.20. The molecule has 0 aliphatic carbocycles. The van der Waals surface area contributed by atoms with Crippen LogP contribution in [0.1, 0.15) is 49.1 Å². The van der Waals surface area contributed by atoms with Crippen LogP contribution in [0.25, 0.3) is 0 Å². The molecule has 1 aromatic heterocycles. The van der Waals surface area contributed by atoms with Crippen LogP contribution in [-0.4, -0.2) is 60.7 Å². The molecule has 3 aliphatic rings. The maximum atomic E-state index is 13.9. The Bertz CT molecular complexity index is 1240. The summed E-state index contributed by atoms with van der Waals surface area (Å²) in [6.45, 7) is 10.9. The first-order valence-corrected chi connectivity index (χ1v) is 13.6. The number of piperidine rings is 1. The maximum absolute atomic E-state index is 13.9. The number of amides is 1. The lowest BCUT2D eigenvalue weighted by molar-refractivity contribution is -0.161. The molecule has 1 atom stereocenters. The van der Waals surface area contributed by atoms with Gasteiger partial charge in [-0.15, -0.1) is 0 Å². The minimum atomic E-state index is -3.72. The average Bonchev–Trinajstić information content (AvgIpc) is 2.82. The SMILES string of the molecule is Cc1ccc(S(=O)(=O)N2CCc3c(C)cccc3C2)c(N2CCCC(N3CC(C)(C)C3=O)C2)n1. The van der Waals surface area contributed by atoms with Crippen LogP contribution < -0.4 is 4.90 Å². The van der Waals surface area contributed by atoms with Gasteiger partial charge in [0.05, 0.1) is 5.41 Å². The van der Waals surface area contributed by atoms with E-state index in [1.807, 2.05) is 37.8 Å². The number of nitrogens with zero attached hydrogens (tertiary/aromatic N) is 4. The molecule has 0 N–H and O–H groups in total. The lowest BCUT2D eigenvalue weighted by Crippen LogP contribution is -2.65. The fraction of sp³-hybridized carbons (Fsp3) is 0.538. The number of likely N-dealkylation sites (tertiary alicyclic amines) is 1. The second-order valence-electron chi connectivity index (χ2n) is 10.6. The number of anilines is 1. The van der Waals surface area contributed by atoms with Crippen LogP contribution in [0, 0.1) is 19.3 Å². The summed E-state index contributed by atoms with van der Waals surface area (Å²) in [5.74, 6) is 0.707. The standard InChI is InChI=1S/C26H34N4O3S/c1-18-7-5-8-20-15-29(14-12-22(18)20)34(32,33)23-11-10-19(2)27-24(23)28-13-6-9-21(16-28)30-17-26(3,4)25(30)31/h5,7-8,10-11,21H,6,9,12-17H2,1-4H3. The number of benzene rings is 1. The molecule has 0 bridgehead atoms. The predicted molar refractivity (Wildman–Crippen MR) is 132 cm³/mol. The molecular formula is C26H34N4O3S. The maximum Gasteiger partial charge on any atom is 0.247 e. The van der Waals surface area contributed by atoms with E-state index < -0.39 is 10.0 Å². The van der Waals surface area contributed by atoms with E-state index in [-0.39, 0.29) is 22.3 Å². The number of hydrogen-bond donors (Lipinski definition) is 0. The quantitative estimate of drug-likeness (QED) is 0.626. The number of β-lactam (4-membered cyclic amide) rings is 1. The van der Waals surface area contributed by atoms with E-state index in [1.165, 1.54) is 11.1 Å². The third-order valence-corrected chi connectivity index (χ3v) is 9.47. The van der Waals surface area contributed by atoms with E-state index in [9.17, 15) is 13.2 Å². The first kappa shape index (κ1) is 23.3. The third kappa shape index (κ3) is 3.90. The summed E-state index contributed by atoms with van der Waals surface area (Å²) in [5.41, 5.74) is 4.05. The van der Waals surface area contributed by atoms with Crippen molar-refractivity contribution < 1.29 is 13.2 Å². The van der Waals surface area contributed by atoms with E-state index in [2.05, 4.69) is 17.9 Å². The summed E-state index contributed by atoms with van der Waals surface area (Å²) < 4.78 is 29.3. The summed E-state index contributed by atoms with van der Waals surface area (Å²) in [7, 11) is -3.72. The zero-order valence-electron chi connectivity index (χ0n) is 20.5. The lowest BCUT2D eigenvalue weighted by Gasteiger charge is -2.51. The minimum Gasteiger partial charge on any atom is -0.353 e. The molecule has 3 aliphatic heterocycles. The molecule has 0 saturated carbocycles. The van der Waals surface area contributed by atoms with Crippen molar-refractivity contribution in [3.05, 3.63) is 52.7 Å². The number of sulfonamides is 1. The van der Waals surface area contributed by atoms with E-state index in [0.29, 0.717) is 31.9 Å². The van der Waals surface area contributed by atoms with Crippen molar-refractivity contribution in [2.45, 2.75) is 64.4 Å². The number of carbonyl (C=O) groups is 1. The fourth-order valence-electron chi connectivity index (χ4n) is 5.64. The second-order valence-corrected chi connectivity index (χ2v) is 12.5. The summed E-state index contributed by atoms with van der Waals surface area (Å²) in [5, 5.41) is 0. The molecule has 34 heavy (non-hydrogen) atoms. The zero-order valence-corrected chi connectivity index (χ0v) is 21.4. The molecule has 2 fully saturated rings. The smallest absolute Gasteiger partial charge is 0.247 e. The summed E-state index contributed by atoms with van der Waals surface area (Å²) in [6, 6.07) is 9.69. The largest absolute Gasteiger partial charge is 0.353 e. The van der Waals surface area contributed by atoms with Crippen molar-refractivity contribution in [2.24, 2.45) is 5.41 Å². The van der Waals surface area contributed by atoms with Crippen molar-refractivity contribution in [1.29, 1.82) is 0 Å². The first-order valence-electron chi connectivity index (χ1n) is 12.2. The van der Waals surface area contributed by atoms with Crippen molar-refractivity contribution in [3.63, 3.8) is 0 Å². The van der Waals surface area contributed by atoms with Crippen LogP contribution in [0.4, 0.5) is 5.82 Å². The number of fused-ring (bicyclic) bond motifs is 1. The Hall–Kier alpha value is -2.45. The van der Waals surface area contributed by atoms with Gasteiger partial charge in [0.2, 0.25) is 15.9 Å². The van der Waals surface area contributed by atoms with Gasteiger partial charge in [-0.25, -0.2) is 13.4 Å². The molecule has 8 heteroatoms. The Morgan fingerprint density at radius 2 is 1.88 bits per heavy atom. The highest BCUT2D eigenvalue weighted by Crippen LogP contribution is 2.37. The molecule has 2 aromatic rings. The Morgan fingerprint density at radius 3 is 2.62 bits per heavy atom. The van der Waals surface area contributed by atoms with Gasteiger partial charge in [0.1, 0.15) is 10.7 Å². The molecule has 7 nitrogen and oxygen atoms in total. The van der Waals surface area contributed by atoms with Gasteiger partial charge in [-0.05, 0) is 75.8 Å². The van der Waals surface area contributed by atoms with Gasteiger partial charge in [-0.1, -0.05) is 18.2 Å². The van der Waals surface area contributed by atoms with E-state index in [0.717, 1.165) is 37.2 Å². The predicted octanol–water partition coefficient (Wildman–Crippen LogP) is 3.28. The molecule has 1 unspecified atom stereocenters. The number of hydrogen-bond acceptors (Lipinski definition) is 5. The molecule has 2 saturated heterocycles. The average molecular weight is 483 g/mol. The van der Waals surface area contributed by atoms with Crippen LogP contribution in [-0.2, 0) is 27.8 Å². The van der Waals surface area contributed by atoms with Gasteiger partial charge in [0.25, 0.3) is 0 Å². The van der Waals surface area contributed by atoms with Crippen molar-refractivity contribution >= 4 is 21.7 Å². The topological polar surface area (TPSA) is 73.8 Å². The van der Waals surface area contributed by atoms with Gasteiger partial charge < -0.3 is 9.80 Å². The number of carbonyl (C=O) groups excluding carboxylic acids is 1. The molecule has 0 spiro atoms. The highest BCUT2D eigenvalue weighted by Gasteiger charge is 2.48. The van der Waals surface area contributed by atoms with Crippen LogP contribution in [0.2, 0.25) is 0 Å². The molecule has 4 heterocycles. The number of pyridine rings is 1. The molecular weight excluding hydrogens is 448 g/mol. The summed E-state index contributed by atoms with van der Waals surface area (Å²) >= 11 is 0. The monoisotopic (exact) mass is 482 g/mol. The van der Waals surface area contributed by atoms with Crippen LogP contribution in [0.5, 0.6) is 0 Å². The molecule has 0 radical (unpaired) electrons. The lowest BCUT2D eigenvalue weighted by atomic mass is 9.81. The molecule has 1 amide bonds. The van der Waals surface area contributed by atoms with Gasteiger partial charge >= 0.3 is 0 Å². The minimum absolute atomic E-state index is 0.0944. The summed E-state index contributed by atoms with van der Waals surface area (Å²) in [4.78, 5) is 21.6. The van der Waals surface area contributed by atoms with E-state index in [4.69, 9.17) is 4.98 Å². The van der Waals surface area contributed by atoms with Gasteiger partial charge in [0, 0.05) is 44.5 Å². The van der Waals surface area contributed by atoms with Gasteiger partial charge in [-0.3, -0.25) is 4.79 Å². The number of aryl methyl sites for hydroxylation is 2. The Kier molecular flexibility index (Phi) is 5.72. The van der Waals surface area contributed by atoms with Crippen molar-refractivity contribution in [1.82, 2.24) is 14.2 Å². The van der Waals surface area contributed by atoms with E-state index >= 15 is 0 Å². The molecule has 182 valence electrons. The highest BCUT2D eigenvalue weighted by molar-refractivity contribution is 7.89.